The van der Waals surface area contributed by atoms with E-state index in [1.54, 1.807) is 0 Å². The summed E-state index contributed by atoms with van der Waals surface area (Å²) in [5, 5.41) is 0. The Labute approximate surface area is 185 Å². The average Bonchev–Trinajstić information content (AvgIpc) is 3.31. The smallest absolute Gasteiger partial charge is 0.0259 e. The molecule has 1 aliphatic carbocycles. The molecule has 6 atom stereocenters. The molecule has 0 N–H and O–H groups in total. The Morgan fingerprint density at radius 1 is 0.793 bits per heavy atom. The highest BCUT2D eigenvalue weighted by Crippen LogP contribution is 2.58. The van der Waals surface area contributed by atoms with Crippen molar-refractivity contribution >= 4 is 0 Å². The molecule has 0 aromatic carbocycles. The third-order valence-electron chi connectivity index (χ3n) is 7.53. The second-order valence-corrected chi connectivity index (χ2v) is 11.1. The third kappa shape index (κ3) is 12.0. The zero-order chi connectivity index (χ0) is 21.7. The van der Waals surface area contributed by atoms with Gasteiger partial charge in [-0.15, -0.1) is 0 Å². The summed E-state index contributed by atoms with van der Waals surface area (Å²) in [7, 11) is 0. The summed E-state index contributed by atoms with van der Waals surface area (Å²) in [5.41, 5.74) is 0.675. The number of hydrogen-bond donors (Lipinski definition) is 0. The van der Waals surface area contributed by atoms with Crippen LogP contribution in [0.3, 0.4) is 0 Å². The Balaban J connectivity index is 2.09. The summed E-state index contributed by atoms with van der Waals surface area (Å²) in [6.07, 6.45) is 26.2. The van der Waals surface area contributed by atoms with Crippen LogP contribution in [-0.2, 0) is 0 Å². The monoisotopic (exact) mass is 402 g/mol. The van der Waals surface area contributed by atoms with Gasteiger partial charge in [-0.05, 0) is 67.1 Å². The lowest BCUT2D eigenvalue weighted by molar-refractivity contribution is 0.362. The molecule has 0 heterocycles. The fourth-order valence-electron chi connectivity index (χ4n) is 5.24. The minimum Gasteiger partial charge on any atom is -0.0817 e. The van der Waals surface area contributed by atoms with Gasteiger partial charge in [0.15, 0.2) is 0 Å². The Morgan fingerprint density at radius 3 is 2.00 bits per heavy atom. The van der Waals surface area contributed by atoms with Gasteiger partial charge in [0, 0.05) is 0 Å². The van der Waals surface area contributed by atoms with Gasteiger partial charge in [-0.1, -0.05) is 118 Å². The summed E-state index contributed by atoms with van der Waals surface area (Å²) in [6.45, 7) is 16.8. The molecule has 1 aliphatic rings. The molecule has 0 nitrogen and oxygen atoms in total. The molecule has 0 aromatic heterocycles. The zero-order valence-electron chi connectivity index (χ0n) is 21.2. The van der Waals surface area contributed by atoms with E-state index in [0.717, 1.165) is 17.8 Å². The molecule has 170 valence electrons. The topological polar surface area (TPSA) is 0 Å². The van der Waals surface area contributed by atoms with Gasteiger partial charge >= 0.3 is 0 Å². The molecule has 1 rings (SSSR count). The second kappa shape index (κ2) is 14.5. The van der Waals surface area contributed by atoms with Gasteiger partial charge in [0.2, 0.25) is 0 Å². The van der Waals surface area contributed by atoms with E-state index in [1.165, 1.54) is 77.0 Å². The van der Waals surface area contributed by atoms with Crippen molar-refractivity contribution < 1.29 is 0 Å². The highest BCUT2D eigenvalue weighted by molar-refractivity contribution is 5.06. The first-order valence-electron chi connectivity index (χ1n) is 13.2. The largest absolute Gasteiger partial charge is 0.0817 e. The number of rotatable bonds is 17. The standard InChI is InChI=1S/C29H54/c1-8-14-26(5)22-27(6)19-13-12-17-24(3)16-10-11-18-25(4)20-21-29(7)23-28(29)15-9-2/h10-11,16,18,24-28H,8-9,12-15,17,19-23H2,1-7H3. The van der Waals surface area contributed by atoms with Crippen molar-refractivity contribution in [1.82, 2.24) is 0 Å². The molecule has 1 fully saturated rings. The molecule has 0 heteroatoms. The third-order valence-corrected chi connectivity index (χ3v) is 7.53. The second-order valence-electron chi connectivity index (χ2n) is 11.1. The Hall–Kier alpha value is -0.520. The summed E-state index contributed by atoms with van der Waals surface area (Å²) in [5.74, 6) is 4.26. The Bertz CT molecular complexity index is 459. The average molecular weight is 403 g/mol. The van der Waals surface area contributed by atoms with E-state index in [9.17, 15) is 0 Å². The minimum atomic E-state index is 0.675. The van der Waals surface area contributed by atoms with E-state index in [2.05, 4.69) is 72.8 Å². The first kappa shape index (κ1) is 26.5. The maximum Gasteiger partial charge on any atom is -0.0259 e. The van der Waals surface area contributed by atoms with E-state index in [1.807, 2.05) is 0 Å². The molecular weight excluding hydrogens is 348 g/mol. The van der Waals surface area contributed by atoms with Crippen LogP contribution in [0.25, 0.3) is 0 Å². The van der Waals surface area contributed by atoms with Gasteiger partial charge in [-0.3, -0.25) is 0 Å². The van der Waals surface area contributed by atoms with Gasteiger partial charge in [0.1, 0.15) is 0 Å². The molecule has 0 saturated heterocycles. The minimum absolute atomic E-state index is 0.675. The molecule has 0 aromatic rings. The number of allylic oxidation sites excluding steroid dienone is 4. The van der Waals surface area contributed by atoms with E-state index < -0.39 is 0 Å². The highest BCUT2D eigenvalue weighted by atomic mass is 14.5. The van der Waals surface area contributed by atoms with E-state index in [4.69, 9.17) is 0 Å². The van der Waals surface area contributed by atoms with Crippen molar-refractivity contribution in [1.29, 1.82) is 0 Å². The summed E-state index contributed by atoms with van der Waals surface area (Å²) in [6, 6.07) is 0. The van der Waals surface area contributed by atoms with Crippen LogP contribution < -0.4 is 0 Å². The fourth-order valence-corrected chi connectivity index (χ4v) is 5.24. The van der Waals surface area contributed by atoms with Crippen molar-refractivity contribution in [2.24, 2.45) is 35.0 Å². The molecule has 6 unspecified atom stereocenters. The summed E-state index contributed by atoms with van der Waals surface area (Å²) >= 11 is 0. The van der Waals surface area contributed by atoms with Crippen molar-refractivity contribution in [2.75, 3.05) is 0 Å². The van der Waals surface area contributed by atoms with Crippen molar-refractivity contribution in [3.63, 3.8) is 0 Å². The molecule has 0 radical (unpaired) electrons. The van der Waals surface area contributed by atoms with Crippen LogP contribution in [0.2, 0.25) is 0 Å². The zero-order valence-corrected chi connectivity index (χ0v) is 21.2. The van der Waals surface area contributed by atoms with Crippen LogP contribution in [0.5, 0.6) is 0 Å². The summed E-state index contributed by atoms with van der Waals surface area (Å²) < 4.78 is 0. The van der Waals surface area contributed by atoms with Gasteiger partial charge < -0.3 is 0 Å². The lowest BCUT2D eigenvalue weighted by Crippen LogP contribution is -2.03. The van der Waals surface area contributed by atoms with Crippen LogP contribution in [0.1, 0.15) is 126 Å². The number of unbranched alkanes of at least 4 members (excludes halogenated alkanes) is 1. The lowest BCUT2D eigenvalue weighted by Gasteiger charge is -2.16. The van der Waals surface area contributed by atoms with E-state index >= 15 is 0 Å². The van der Waals surface area contributed by atoms with E-state index in [0.29, 0.717) is 17.3 Å². The van der Waals surface area contributed by atoms with Crippen LogP contribution >= 0.6 is 0 Å². The lowest BCUT2D eigenvalue weighted by atomic mass is 9.90. The van der Waals surface area contributed by atoms with E-state index in [-0.39, 0.29) is 0 Å². The van der Waals surface area contributed by atoms with Gasteiger partial charge in [0.05, 0.1) is 0 Å². The molecule has 29 heavy (non-hydrogen) atoms. The van der Waals surface area contributed by atoms with Crippen molar-refractivity contribution in [3.8, 4) is 0 Å². The molecule has 1 saturated carbocycles. The molecule has 0 bridgehead atoms. The SMILES string of the molecule is CCCC(C)CC(C)CCCCC(C)C=CC=CC(C)CCC1(C)CC1CCC. The van der Waals surface area contributed by atoms with Gasteiger partial charge in [-0.25, -0.2) is 0 Å². The fraction of sp³-hybridized carbons (Fsp3) is 0.862. The van der Waals surface area contributed by atoms with Gasteiger partial charge in [-0.2, -0.15) is 0 Å². The first-order valence-corrected chi connectivity index (χ1v) is 13.2. The predicted molar refractivity (Wildman–Crippen MR) is 133 cm³/mol. The van der Waals surface area contributed by atoms with Crippen LogP contribution in [0.15, 0.2) is 24.3 Å². The molecule has 0 aliphatic heterocycles. The molecule has 0 amide bonds. The quantitative estimate of drug-likeness (QED) is 0.168. The Morgan fingerprint density at radius 2 is 1.38 bits per heavy atom. The predicted octanol–water partition coefficient (Wildman–Crippen LogP) is 10.0. The molecule has 0 spiro atoms. The maximum atomic E-state index is 2.51. The normalized spacial score (nSPS) is 26.1. The van der Waals surface area contributed by atoms with Crippen molar-refractivity contribution in [2.45, 2.75) is 126 Å². The maximum absolute atomic E-state index is 2.51. The first-order chi connectivity index (χ1) is 13.8. The van der Waals surface area contributed by atoms with Gasteiger partial charge in [0.25, 0.3) is 0 Å². The molecular formula is C29H54. The van der Waals surface area contributed by atoms with Crippen molar-refractivity contribution in [3.05, 3.63) is 24.3 Å². The highest BCUT2D eigenvalue weighted by Gasteiger charge is 2.47. The van der Waals surface area contributed by atoms with Crippen LogP contribution in [0, 0.1) is 35.0 Å². The Kier molecular flexibility index (Phi) is 13.2. The van der Waals surface area contributed by atoms with Crippen LogP contribution in [0.4, 0.5) is 0 Å². The number of hydrogen-bond acceptors (Lipinski definition) is 0. The van der Waals surface area contributed by atoms with Crippen LogP contribution in [-0.4, -0.2) is 0 Å². The summed E-state index contributed by atoms with van der Waals surface area (Å²) in [4.78, 5) is 0.